The number of benzene rings is 1. The minimum atomic E-state index is -0.697. The van der Waals surface area contributed by atoms with Crippen LogP contribution in [0.3, 0.4) is 0 Å². The average molecular weight is 272 g/mol. The zero-order valence-electron chi connectivity index (χ0n) is 10.8. The number of carbonyl (C=O) groups is 1. The Morgan fingerprint density at radius 1 is 1.56 bits per heavy atom. The molecule has 0 fully saturated rings. The topological polar surface area (TPSA) is 49.8 Å². The van der Waals surface area contributed by atoms with E-state index < -0.39 is 6.10 Å². The lowest BCUT2D eigenvalue weighted by atomic mass is 10.1. The maximum Gasteiger partial charge on any atom is 0.260 e. The van der Waals surface area contributed by atoms with Crippen LogP contribution in [0.2, 0.25) is 5.02 Å². The van der Waals surface area contributed by atoms with E-state index in [9.17, 15) is 9.90 Å². The van der Waals surface area contributed by atoms with Crippen molar-refractivity contribution < 1.29 is 14.6 Å². The zero-order valence-corrected chi connectivity index (χ0v) is 11.6. The van der Waals surface area contributed by atoms with Crippen molar-refractivity contribution in [2.45, 2.75) is 20.0 Å². The van der Waals surface area contributed by atoms with Crippen LogP contribution < -0.4 is 4.74 Å². The van der Waals surface area contributed by atoms with E-state index in [4.69, 9.17) is 16.3 Å². The number of rotatable bonds is 5. The molecule has 1 rings (SSSR count). The average Bonchev–Trinajstić information content (AvgIpc) is 2.35. The van der Waals surface area contributed by atoms with Crippen LogP contribution in [0.15, 0.2) is 18.2 Å². The summed E-state index contributed by atoms with van der Waals surface area (Å²) in [6.07, 6.45) is -0.697. The molecule has 0 unspecified atom stereocenters. The third-order valence-electron chi connectivity index (χ3n) is 2.67. The Morgan fingerprint density at radius 2 is 2.22 bits per heavy atom. The van der Waals surface area contributed by atoms with Crippen molar-refractivity contribution in [3.8, 4) is 5.75 Å². The van der Waals surface area contributed by atoms with Crippen molar-refractivity contribution in [1.82, 2.24) is 4.90 Å². The molecular weight excluding hydrogens is 254 g/mol. The SMILES string of the molecule is CCN(C)C(=O)COc1ccc(Cl)cc1[C@H](C)O. The fraction of sp³-hybridized carbons (Fsp3) is 0.462. The lowest BCUT2D eigenvalue weighted by Crippen LogP contribution is -2.31. The van der Waals surface area contributed by atoms with Gasteiger partial charge in [-0.3, -0.25) is 4.79 Å². The van der Waals surface area contributed by atoms with E-state index in [-0.39, 0.29) is 12.5 Å². The number of carbonyl (C=O) groups excluding carboxylic acids is 1. The maximum atomic E-state index is 11.6. The minimum absolute atomic E-state index is 0.0499. The number of aliphatic hydroxyl groups excluding tert-OH is 1. The number of likely N-dealkylation sites (N-methyl/N-ethyl adjacent to an activating group) is 1. The molecule has 5 heteroatoms. The quantitative estimate of drug-likeness (QED) is 0.894. The van der Waals surface area contributed by atoms with Crippen LogP contribution in [0.25, 0.3) is 0 Å². The number of aliphatic hydroxyl groups is 1. The standard InChI is InChI=1S/C13H18ClNO3/c1-4-15(3)13(17)8-18-12-6-5-10(14)7-11(12)9(2)16/h5-7,9,16H,4,8H2,1-3H3/t9-/m0/s1. The van der Waals surface area contributed by atoms with E-state index in [1.165, 1.54) is 0 Å². The van der Waals surface area contributed by atoms with Crippen molar-refractivity contribution in [2.24, 2.45) is 0 Å². The summed E-state index contributed by atoms with van der Waals surface area (Å²) in [5, 5.41) is 10.1. The molecule has 0 heterocycles. The number of nitrogens with zero attached hydrogens (tertiary/aromatic N) is 1. The first-order valence-corrected chi connectivity index (χ1v) is 6.17. The van der Waals surface area contributed by atoms with Crippen LogP contribution in [0, 0.1) is 0 Å². The van der Waals surface area contributed by atoms with Crippen molar-refractivity contribution in [1.29, 1.82) is 0 Å². The number of ether oxygens (including phenoxy) is 1. The molecule has 1 aromatic rings. The van der Waals surface area contributed by atoms with Crippen molar-refractivity contribution in [3.05, 3.63) is 28.8 Å². The summed E-state index contributed by atoms with van der Waals surface area (Å²) >= 11 is 5.85. The first kappa shape index (κ1) is 14.8. The molecule has 1 atom stereocenters. The Morgan fingerprint density at radius 3 is 2.78 bits per heavy atom. The fourth-order valence-electron chi connectivity index (χ4n) is 1.40. The van der Waals surface area contributed by atoms with Crippen LogP contribution >= 0.6 is 11.6 Å². The second-order valence-corrected chi connectivity index (χ2v) is 4.49. The Labute approximate surface area is 112 Å². The molecule has 0 saturated carbocycles. The Bertz CT molecular complexity index is 421. The molecule has 0 aliphatic heterocycles. The number of hydrogen-bond donors (Lipinski definition) is 1. The Balaban J connectivity index is 2.76. The lowest BCUT2D eigenvalue weighted by molar-refractivity contribution is -0.131. The highest BCUT2D eigenvalue weighted by Gasteiger charge is 2.13. The van der Waals surface area contributed by atoms with Gasteiger partial charge < -0.3 is 14.7 Å². The van der Waals surface area contributed by atoms with Crippen LogP contribution in [-0.4, -0.2) is 36.1 Å². The molecule has 0 spiro atoms. The van der Waals surface area contributed by atoms with Crippen LogP contribution in [0.5, 0.6) is 5.75 Å². The smallest absolute Gasteiger partial charge is 0.260 e. The van der Waals surface area contributed by atoms with Gasteiger partial charge in [-0.2, -0.15) is 0 Å². The van der Waals surface area contributed by atoms with Gasteiger partial charge in [0.1, 0.15) is 5.75 Å². The molecule has 1 aromatic carbocycles. The van der Waals surface area contributed by atoms with E-state index in [2.05, 4.69) is 0 Å². The van der Waals surface area contributed by atoms with Gasteiger partial charge in [0, 0.05) is 24.2 Å². The summed E-state index contributed by atoms with van der Waals surface area (Å²) in [4.78, 5) is 13.2. The third kappa shape index (κ3) is 3.89. The monoisotopic (exact) mass is 271 g/mol. The van der Waals surface area contributed by atoms with Crippen LogP contribution in [0.1, 0.15) is 25.5 Å². The van der Waals surface area contributed by atoms with Gasteiger partial charge in [0.2, 0.25) is 0 Å². The normalized spacial score (nSPS) is 12.1. The van der Waals surface area contributed by atoms with Crippen molar-refractivity contribution in [3.63, 3.8) is 0 Å². The van der Waals surface area contributed by atoms with Gasteiger partial charge in [0.25, 0.3) is 5.91 Å². The summed E-state index contributed by atoms with van der Waals surface area (Å²) in [5.41, 5.74) is 0.578. The highest BCUT2D eigenvalue weighted by atomic mass is 35.5. The minimum Gasteiger partial charge on any atom is -0.483 e. The first-order chi connectivity index (χ1) is 8.45. The Kier molecular flexibility index (Phi) is 5.44. The molecule has 0 bridgehead atoms. The summed E-state index contributed by atoms with van der Waals surface area (Å²) in [7, 11) is 1.71. The predicted molar refractivity (Wildman–Crippen MR) is 70.9 cm³/mol. The van der Waals surface area contributed by atoms with Crippen molar-refractivity contribution in [2.75, 3.05) is 20.2 Å². The van der Waals surface area contributed by atoms with Gasteiger partial charge in [0.15, 0.2) is 6.61 Å². The van der Waals surface area contributed by atoms with Gasteiger partial charge >= 0.3 is 0 Å². The van der Waals surface area contributed by atoms with E-state index in [0.29, 0.717) is 22.9 Å². The van der Waals surface area contributed by atoms with Gasteiger partial charge in [0.05, 0.1) is 6.10 Å². The molecule has 0 radical (unpaired) electrons. The molecule has 1 N–H and O–H groups in total. The molecule has 0 aliphatic rings. The van der Waals surface area contributed by atoms with Gasteiger partial charge in [-0.1, -0.05) is 11.6 Å². The second kappa shape index (κ2) is 6.61. The number of halogens is 1. The summed E-state index contributed by atoms with van der Waals surface area (Å²) in [6, 6.07) is 4.95. The summed E-state index contributed by atoms with van der Waals surface area (Å²) < 4.78 is 5.43. The second-order valence-electron chi connectivity index (χ2n) is 4.05. The van der Waals surface area contributed by atoms with E-state index in [0.717, 1.165) is 0 Å². The Hall–Kier alpha value is -1.26. The molecule has 1 amide bonds. The molecule has 18 heavy (non-hydrogen) atoms. The highest BCUT2D eigenvalue weighted by Crippen LogP contribution is 2.28. The molecule has 4 nitrogen and oxygen atoms in total. The summed E-state index contributed by atoms with van der Waals surface area (Å²) in [6.45, 7) is 4.09. The lowest BCUT2D eigenvalue weighted by Gasteiger charge is -2.17. The third-order valence-corrected chi connectivity index (χ3v) is 2.91. The van der Waals surface area contributed by atoms with Crippen molar-refractivity contribution >= 4 is 17.5 Å². The predicted octanol–water partition coefficient (Wildman–Crippen LogP) is 2.25. The maximum absolute atomic E-state index is 11.6. The zero-order chi connectivity index (χ0) is 13.7. The number of amides is 1. The van der Waals surface area contributed by atoms with Gasteiger partial charge in [-0.05, 0) is 32.0 Å². The van der Waals surface area contributed by atoms with E-state index >= 15 is 0 Å². The van der Waals surface area contributed by atoms with Crippen LogP contribution in [0.4, 0.5) is 0 Å². The van der Waals surface area contributed by atoms with Crippen LogP contribution in [-0.2, 0) is 4.79 Å². The number of hydrogen-bond acceptors (Lipinski definition) is 3. The fourth-order valence-corrected chi connectivity index (χ4v) is 1.58. The van der Waals surface area contributed by atoms with E-state index in [1.807, 2.05) is 6.92 Å². The molecule has 0 saturated heterocycles. The molecule has 0 aliphatic carbocycles. The highest BCUT2D eigenvalue weighted by molar-refractivity contribution is 6.30. The summed E-state index contributed by atoms with van der Waals surface area (Å²) in [5.74, 6) is 0.372. The molecule has 100 valence electrons. The first-order valence-electron chi connectivity index (χ1n) is 5.80. The molecule has 0 aromatic heterocycles. The largest absolute Gasteiger partial charge is 0.483 e. The van der Waals surface area contributed by atoms with Gasteiger partial charge in [-0.25, -0.2) is 0 Å². The molecular formula is C13H18ClNO3. The van der Waals surface area contributed by atoms with E-state index in [1.54, 1.807) is 37.1 Å². The van der Waals surface area contributed by atoms with Gasteiger partial charge in [-0.15, -0.1) is 0 Å².